The van der Waals surface area contributed by atoms with Crippen LogP contribution in [0.25, 0.3) is 0 Å². The van der Waals surface area contributed by atoms with Crippen molar-refractivity contribution in [2.75, 3.05) is 12.8 Å². The summed E-state index contributed by atoms with van der Waals surface area (Å²) in [7, 11) is 0. The zero-order valence-electron chi connectivity index (χ0n) is 8.73. The summed E-state index contributed by atoms with van der Waals surface area (Å²) in [4.78, 5) is 1.21. The van der Waals surface area contributed by atoms with E-state index in [1.807, 2.05) is 30.5 Å². The number of hydrogen-bond acceptors (Lipinski definition) is 3. The van der Waals surface area contributed by atoms with Crippen molar-refractivity contribution in [1.82, 2.24) is 5.32 Å². The minimum absolute atomic E-state index is 0.251. The Labute approximate surface area is 95.0 Å². The molecule has 1 aromatic carbocycles. The fourth-order valence-corrected chi connectivity index (χ4v) is 1.64. The minimum atomic E-state index is -0.251. The molecule has 1 unspecified atom stereocenters. The van der Waals surface area contributed by atoms with Crippen LogP contribution in [0.1, 0.15) is 11.6 Å². The lowest BCUT2D eigenvalue weighted by Gasteiger charge is -2.10. The normalized spacial score (nSPS) is 11.7. The summed E-state index contributed by atoms with van der Waals surface area (Å²) >= 11 is 1.70. The maximum atomic E-state index is 8.98. The summed E-state index contributed by atoms with van der Waals surface area (Å²) in [6.45, 7) is 4.25. The van der Waals surface area contributed by atoms with E-state index in [1.54, 1.807) is 17.8 Å². The van der Waals surface area contributed by atoms with Gasteiger partial charge in [-0.15, -0.1) is 18.3 Å². The first-order valence-corrected chi connectivity index (χ1v) is 5.92. The second-order valence-electron chi connectivity index (χ2n) is 3.03. The first-order valence-electron chi connectivity index (χ1n) is 4.69. The summed E-state index contributed by atoms with van der Waals surface area (Å²) in [5.41, 5.74) is 0.997. The Morgan fingerprint density at radius 3 is 2.67 bits per heavy atom. The van der Waals surface area contributed by atoms with Gasteiger partial charge in [0.05, 0.1) is 6.07 Å². The largest absolute Gasteiger partial charge is 0.295 e. The number of rotatable bonds is 5. The van der Waals surface area contributed by atoms with E-state index < -0.39 is 0 Å². The van der Waals surface area contributed by atoms with Crippen molar-refractivity contribution in [3.05, 3.63) is 42.5 Å². The van der Waals surface area contributed by atoms with E-state index in [2.05, 4.69) is 18.0 Å². The van der Waals surface area contributed by atoms with Crippen LogP contribution in [0, 0.1) is 11.3 Å². The van der Waals surface area contributed by atoms with E-state index >= 15 is 0 Å². The second-order valence-corrected chi connectivity index (χ2v) is 3.91. The summed E-state index contributed by atoms with van der Waals surface area (Å²) in [5.74, 6) is 0. The average molecular weight is 218 g/mol. The molecule has 0 radical (unpaired) electrons. The maximum Gasteiger partial charge on any atom is 0.121 e. The van der Waals surface area contributed by atoms with Crippen molar-refractivity contribution in [1.29, 1.82) is 5.26 Å². The molecule has 0 saturated carbocycles. The van der Waals surface area contributed by atoms with Gasteiger partial charge in [-0.3, -0.25) is 5.32 Å². The van der Waals surface area contributed by atoms with Crippen LogP contribution < -0.4 is 5.32 Å². The molecule has 0 aliphatic carbocycles. The van der Waals surface area contributed by atoms with E-state index in [1.165, 1.54) is 4.90 Å². The van der Waals surface area contributed by atoms with E-state index in [4.69, 9.17) is 5.26 Å². The maximum absolute atomic E-state index is 8.98. The number of nitrogens with zero attached hydrogens (tertiary/aromatic N) is 1. The van der Waals surface area contributed by atoms with Gasteiger partial charge in [0.15, 0.2) is 0 Å². The van der Waals surface area contributed by atoms with Gasteiger partial charge in [-0.1, -0.05) is 18.2 Å². The molecule has 1 aromatic rings. The number of nitrogens with one attached hydrogen (secondary N) is 1. The standard InChI is InChI=1S/C12H14N2S/c1-3-8-14-12(9-13)10-4-6-11(15-2)7-5-10/h3-7,12,14H,1,8H2,2H3. The third kappa shape index (κ3) is 3.43. The summed E-state index contributed by atoms with van der Waals surface area (Å²) in [6, 6.07) is 9.99. The molecule has 0 bridgehead atoms. The quantitative estimate of drug-likeness (QED) is 0.609. The van der Waals surface area contributed by atoms with Crippen LogP contribution in [-0.4, -0.2) is 12.8 Å². The van der Waals surface area contributed by atoms with Crippen LogP contribution in [0.2, 0.25) is 0 Å². The molecule has 1 atom stereocenters. The second kappa shape index (κ2) is 6.28. The Morgan fingerprint density at radius 2 is 2.20 bits per heavy atom. The SMILES string of the molecule is C=CCNC(C#N)c1ccc(SC)cc1. The lowest BCUT2D eigenvalue weighted by atomic mass is 10.1. The van der Waals surface area contributed by atoms with Gasteiger partial charge in [0.25, 0.3) is 0 Å². The number of hydrogen-bond donors (Lipinski definition) is 1. The number of nitriles is 1. The van der Waals surface area contributed by atoms with Gasteiger partial charge in [-0.2, -0.15) is 5.26 Å². The van der Waals surface area contributed by atoms with Crippen LogP contribution in [0.3, 0.4) is 0 Å². The molecular weight excluding hydrogens is 204 g/mol. The topological polar surface area (TPSA) is 35.8 Å². The van der Waals surface area contributed by atoms with Gasteiger partial charge in [0.1, 0.15) is 6.04 Å². The van der Waals surface area contributed by atoms with Gasteiger partial charge in [0.2, 0.25) is 0 Å². The number of benzene rings is 1. The molecule has 0 aromatic heterocycles. The third-order valence-corrected chi connectivity index (χ3v) is 2.79. The highest BCUT2D eigenvalue weighted by atomic mass is 32.2. The Kier molecular flexibility index (Phi) is 4.96. The summed E-state index contributed by atoms with van der Waals surface area (Å²) in [6.07, 6.45) is 3.79. The van der Waals surface area contributed by atoms with Crippen LogP contribution in [0.5, 0.6) is 0 Å². The van der Waals surface area contributed by atoms with E-state index in [9.17, 15) is 0 Å². The third-order valence-electron chi connectivity index (χ3n) is 2.04. The monoisotopic (exact) mass is 218 g/mol. The molecule has 0 spiro atoms. The molecule has 78 valence electrons. The predicted molar refractivity (Wildman–Crippen MR) is 64.8 cm³/mol. The lowest BCUT2D eigenvalue weighted by Crippen LogP contribution is -2.19. The van der Waals surface area contributed by atoms with Crippen LogP contribution in [0.4, 0.5) is 0 Å². The van der Waals surface area contributed by atoms with Crippen molar-refractivity contribution >= 4 is 11.8 Å². The summed E-state index contributed by atoms with van der Waals surface area (Å²) < 4.78 is 0. The molecule has 0 fully saturated rings. The Bertz CT molecular complexity index is 351. The fraction of sp³-hybridized carbons (Fsp3) is 0.250. The first-order chi connectivity index (χ1) is 7.31. The summed E-state index contributed by atoms with van der Waals surface area (Å²) in [5, 5.41) is 12.1. The molecule has 0 heterocycles. The molecule has 0 saturated heterocycles. The molecule has 1 N–H and O–H groups in total. The molecule has 0 aliphatic rings. The zero-order valence-corrected chi connectivity index (χ0v) is 9.55. The van der Waals surface area contributed by atoms with Crippen molar-refractivity contribution in [2.24, 2.45) is 0 Å². The van der Waals surface area contributed by atoms with E-state index in [0.717, 1.165) is 5.56 Å². The smallest absolute Gasteiger partial charge is 0.121 e. The zero-order chi connectivity index (χ0) is 11.1. The highest BCUT2D eigenvalue weighted by Gasteiger charge is 2.07. The van der Waals surface area contributed by atoms with E-state index in [-0.39, 0.29) is 6.04 Å². The van der Waals surface area contributed by atoms with Crippen molar-refractivity contribution in [3.63, 3.8) is 0 Å². The minimum Gasteiger partial charge on any atom is -0.295 e. The van der Waals surface area contributed by atoms with Crippen molar-refractivity contribution < 1.29 is 0 Å². The highest BCUT2D eigenvalue weighted by molar-refractivity contribution is 7.98. The molecule has 1 rings (SSSR count). The number of thioether (sulfide) groups is 1. The predicted octanol–water partition coefficient (Wildman–Crippen LogP) is 2.75. The van der Waals surface area contributed by atoms with Gasteiger partial charge < -0.3 is 0 Å². The van der Waals surface area contributed by atoms with Crippen LogP contribution >= 0.6 is 11.8 Å². The highest BCUT2D eigenvalue weighted by Crippen LogP contribution is 2.18. The van der Waals surface area contributed by atoms with Crippen LogP contribution in [-0.2, 0) is 0 Å². The molecule has 2 nitrogen and oxygen atoms in total. The van der Waals surface area contributed by atoms with Gasteiger partial charge in [-0.05, 0) is 24.0 Å². The first kappa shape index (κ1) is 11.8. The Hall–Kier alpha value is -1.24. The van der Waals surface area contributed by atoms with Crippen molar-refractivity contribution in [2.45, 2.75) is 10.9 Å². The molecule has 3 heteroatoms. The molecular formula is C12H14N2S. The van der Waals surface area contributed by atoms with Gasteiger partial charge >= 0.3 is 0 Å². The van der Waals surface area contributed by atoms with Crippen molar-refractivity contribution in [3.8, 4) is 6.07 Å². The van der Waals surface area contributed by atoms with Gasteiger partial charge in [-0.25, -0.2) is 0 Å². The lowest BCUT2D eigenvalue weighted by molar-refractivity contribution is 0.683. The fourth-order valence-electron chi connectivity index (χ4n) is 1.24. The van der Waals surface area contributed by atoms with Crippen LogP contribution in [0.15, 0.2) is 41.8 Å². The Morgan fingerprint density at radius 1 is 1.53 bits per heavy atom. The molecule has 0 amide bonds. The van der Waals surface area contributed by atoms with Gasteiger partial charge in [0, 0.05) is 11.4 Å². The Balaban J connectivity index is 2.74. The average Bonchev–Trinajstić information content (AvgIpc) is 2.31. The molecule has 0 aliphatic heterocycles. The van der Waals surface area contributed by atoms with E-state index in [0.29, 0.717) is 6.54 Å². The molecule has 15 heavy (non-hydrogen) atoms.